The maximum Gasteiger partial charge on any atom is 0.511 e. The predicted molar refractivity (Wildman–Crippen MR) is 43.9 cm³/mol. The molecule has 0 unspecified atom stereocenters. The van der Waals surface area contributed by atoms with Crippen LogP contribution in [0.25, 0.3) is 5.52 Å². The Morgan fingerprint density at radius 3 is 2.69 bits per heavy atom. The first-order chi connectivity index (χ1) is 6.07. The van der Waals surface area contributed by atoms with Crippen molar-refractivity contribution in [2.45, 2.75) is 0 Å². The Morgan fingerprint density at radius 1 is 1.23 bits per heavy atom. The van der Waals surface area contributed by atoms with E-state index >= 15 is 0 Å². The Hall–Kier alpha value is -1.46. The average molecular weight is 185 g/mol. The van der Waals surface area contributed by atoms with Crippen molar-refractivity contribution in [2.24, 2.45) is 0 Å². The molecule has 2 nitrogen and oxygen atoms in total. The van der Waals surface area contributed by atoms with E-state index in [-0.39, 0.29) is 0 Å². The molecule has 6 heteroatoms. The SMILES string of the molecule is F[B-](F)(F)c1ccc2cncn2c1. The van der Waals surface area contributed by atoms with Gasteiger partial charge in [-0.25, -0.2) is 4.98 Å². The third-order valence-electron chi connectivity index (χ3n) is 1.81. The van der Waals surface area contributed by atoms with E-state index in [9.17, 15) is 12.9 Å². The normalized spacial score (nSPS) is 12.2. The highest BCUT2D eigenvalue weighted by Gasteiger charge is 2.25. The third kappa shape index (κ3) is 1.39. The van der Waals surface area contributed by atoms with E-state index in [0.29, 0.717) is 5.52 Å². The van der Waals surface area contributed by atoms with Crippen LogP contribution in [0, 0.1) is 0 Å². The molecule has 0 fully saturated rings. The summed E-state index contributed by atoms with van der Waals surface area (Å²) < 4.78 is 38.1. The lowest BCUT2D eigenvalue weighted by Gasteiger charge is -2.14. The van der Waals surface area contributed by atoms with Crippen LogP contribution in [0.5, 0.6) is 0 Å². The zero-order chi connectivity index (χ0) is 9.47. The zero-order valence-corrected chi connectivity index (χ0v) is 6.49. The molecule has 2 aromatic heterocycles. The number of pyridine rings is 1. The molecule has 0 aromatic carbocycles. The number of imidazole rings is 1. The summed E-state index contributed by atoms with van der Waals surface area (Å²) in [5.41, 5.74) is 0.0503. The minimum atomic E-state index is -4.91. The van der Waals surface area contributed by atoms with Crippen LogP contribution in [0.3, 0.4) is 0 Å². The smallest absolute Gasteiger partial charge is 0.445 e. The lowest BCUT2D eigenvalue weighted by atomic mass is 9.81. The number of hydrogen-bond donors (Lipinski definition) is 0. The van der Waals surface area contributed by atoms with Crippen LogP contribution in [0.4, 0.5) is 12.9 Å². The summed E-state index contributed by atoms with van der Waals surface area (Å²) >= 11 is 0. The molecule has 2 aromatic rings. The van der Waals surface area contributed by atoms with Gasteiger partial charge in [0.2, 0.25) is 0 Å². The molecule has 0 atom stereocenters. The van der Waals surface area contributed by atoms with Gasteiger partial charge >= 0.3 is 6.98 Å². The second-order valence-corrected chi connectivity index (χ2v) is 2.76. The standard InChI is InChI=1S/C7H5BF3N2/c9-8(10,11)6-1-2-7-3-12-5-13(7)4-6/h1-5H/q-1. The number of aromatic nitrogens is 2. The topological polar surface area (TPSA) is 17.3 Å². The fourth-order valence-electron chi connectivity index (χ4n) is 1.13. The van der Waals surface area contributed by atoms with Gasteiger partial charge in [-0.05, 0) is 12.3 Å². The number of hydrogen-bond acceptors (Lipinski definition) is 1. The van der Waals surface area contributed by atoms with Crippen LogP contribution in [-0.4, -0.2) is 16.4 Å². The van der Waals surface area contributed by atoms with Crippen molar-refractivity contribution < 1.29 is 12.9 Å². The minimum Gasteiger partial charge on any atom is -0.445 e. The Bertz CT molecular complexity index is 434. The van der Waals surface area contributed by atoms with Gasteiger partial charge < -0.3 is 17.3 Å². The number of rotatable bonds is 1. The van der Waals surface area contributed by atoms with Gasteiger partial charge in [-0.3, -0.25) is 0 Å². The zero-order valence-electron chi connectivity index (χ0n) is 6.49. The Morgan fingerprint density at radius 2 is 2.00 bits per heavy atom. The Labute approximate surface area is 72.1 Å². The quantitative estimate of drug-likeness (QED) is 0.613. The van der Waals surface area contributed by atoms with Crippen molar-refractivity contribution in [3.63, 3.8) is 0 Å². The minimum absolute atomic E-state index is 0.606. The van der Waals surface area contributed by atoms with Crippen LogP contribution in [-0.2, 0) is 0 Å². The summed E-state index contributed by atoms with van der Waals surface area (Å²) in [6, 6.07) is 2.47. The van der Waals surface area contributed by atoms with Crippen LogP contribution >= 0.6 is 0 Å². The molecule has 0 saturated carbocycles. The van der Waals surface area contributed by atoms with Gasteiger partial charge in [-0.1, -0.05) is 11.5 Å². The van der Waals surface area contributed by atoms with Crippen LogP contribution in [0.2, 0.25) is 0 Å². The van der Waals surface area contributed by atoms with E-state index in [2.05, 4.69) is 4.98 Å². The average Bonchev–Trinajstić information content (AvgIpc) is 2.47. The van der Waals surface area contributed by atoms with Gasteiger partial charge in [0.15, 0.2) is 0 Å². The molecule has 0 aliphatic heterocycles. The van der Waals surface area contributed by atoms with Gasteiger partial charge in [0.1, 0.15) is 0 Å². The highest BCUT2D eigenvalue weighted by atomic mass is 19.4. The first-order valence-electron chi connectivity index (χ1n) is 3.69. The van der Waals surface area contributed by atoms with Gasteiger partial charge in [0, 0.05) is 0 Å². The molecule has 0 saturated heterocycles. The summed E-state index contributed by atoms with van der Waals surface area (Å²) in [6.45, 7) is -4.91. The molecule has 68 valence electrons. The number of nitrogens with zero attached hydrogens (tertiary/aromatic N) is 2. The van der Waals surface area contributed by atoms with Crippen molar-refractivity contribution >= 4 is 18.0 Å². The van der Waals surface area contributed by atoms with Gasteiger partial charge in [-0.15, -0.1) is 0 Å². The van der Waals surface area contributed by atoms with Gasteiger partial charge in [0.05, 0.1) is 18.0 Å². The van der Waals surface area contributed by atoms with Gasteiger partial charge in [0.25, 0.3) is 0 Å². The van der Waals surface area contributed by atoms with Crippen LogP contribution < -0.4 is 5.46 Å². The number of halogens is 3. The van der Waals surface area contributed by atoms with E-state index < -0.39 is 12.4 Å². The Balaban J connectivity index is 2.61. The second kappa shape index (κ2) is 2.51. The largest absolute Gasteiger partial charge is 0.511 e. The third-order valence-corrected chi connectivity index (χ3v) is 1.81. The van der Waals surface area contributed by atoms with Crippen LogP contribution in [0.1, 0.15) is 0 Å². The Kier molecular flexibility index (Phi) is 1.58. The van der Waals surface area contributed by atoms with Crippen molar-refractivity contribution in [1.82, 2.24) is 9.38 Å². The highest BCUT2D eigenvalue weighted by molar-refractivity contribution is 6.73. The summed E-state index contributed by atoms with van der Waals surface area (Å²) in [7, 11) is 0. The lowest BCUT2D eigenvalue weighted by Crippen LogP contribution is -2.34. The first-order valence-corrected chi connectivity index (χ1v) is 3.69. The molecule has 0 N–H and O–H groups in total. The summed E-state index contributed by atoms with van der Waals surface area (Å²) in [5.74, 6) is 0. The second-order valence-electron chi connectivity index (χ2n) is 2.76. The summed E-state index contributed by atoms with van der Waals surface area (Å²) in [4.78, 5) is 3.73. The maximum atomic E-state index is 12.3. The van der Waals surface area contributed by atoms with Crippen molar-refractivity contribution in [2.75, 3.05) is 0 Å². The molecule has 2 rings (SSSR count). The molecule has 2 heterocycles. The molecule has 0 bridgehead atoms. The van der Waals surface area contributed by atoms with E-state index in [1.807, 2.05) is 0 Å². The van der Waals surface area contributed by atoms with E-state index in [0.717, 1.165) is 12.3 Å². The van der Waals surface area contributed by atoms with Crippen LogP contribution in [0.15, 0.2) is 30.9 Å². The fourth-order valence-corrected chi connectivity index (χ4v) is 1.13. The molecule has 0 radical (unpaired) electrons. The van der Waals surface area contributed by atoms with Crippen molar-refractivity contribution in [3.05, 3.63) is 30.9 Å². The summed E-state index contributed by atoms with van der Waals surface area (Å²) in [5, 5.41) is 0. The van der Waals surface area contributed by atoms with E-state index in [1.54, 1.807) is 0 Å². The molecule has 0 aliphatic rings. The lowest BCUT2D eigenvalue weighted by molar-refractivity contribution is 0.500. The molecule has 0 amide bonds. The van der Waals surface area contributed by atoms with Crippen molar-refractivity contribution in [1.29, 1.82) is 0 Å². The summed E-state index contributed by atoms with van der Waals surface area (Å²) in [6.07, 6.45) is 3.90. The molecule has 0 spiro atoms. The molecular formula is C7H5BF3N2-. The van der Waals surface area contributed by atoms with E-state index in [1.165, 1.54) is 23.0 Å². The molecular weight excluding hydrogens is 180 g/mol. The molecule has 13 heavy (non-hydrogen) atoms. The monoisotopic (exact) mass is 185 g/mol. The van der Waals surface area contributed by atoms with Gasteiger partial charge in [-0.2, -0.15) is 0 Å². The predicted octanol–water partition coefficient (Wildman–Crippen LogP) is 1.39. The van der Waals surface area contributed by atoms with Crippen molar-refractivity contribution in [3.8, 4) is 0 Å². The first kappa shape index (κ1) is 8.16. The number of fused-ring (bicyclic) bond motifs is 1. The van der Waals surface area contributed by atoms with E-state index in [4.69, 9.17) is 0 Å². The molecule has 0 aliphatic carbocycles. The fraction of sp³-hybridized carbons (Fsp3) is 0. The highest BCUT2D eigenvalue weighted by Crippen LogP contribution is 2.09. The maximum absolute atomic E-state index is 12.3.